The van der Waals surface area contributed by atoms with Gasteiger partial charge in [-0.3, -0.25) is 14.6 Å². The summed E-state index contributed by atoms with van der Waals surface area (Å²) in [5, 5.41) is 8.84. The Morgan fingerprint density at radius 2 is 2.22 bits per heavy atom. The largest absolute Gasteiger partial charge is 0.480 e. The molecule has 1 aromatic heterocycles. The lowest BCUT2D eigenvalue weighted by Crippen LogP contribution is -2.42. The zero-order valence-electron chi connectivity index (χ0n) is 10.7. The molecule has 1 aromatic rings. The molecule has 0 radical (unpaired) electrons. The van der Waals surface area contributed by atoms with E-state index in [0.29, 0.717) is 0 Å². The molecule has 1 N–H and O–H groups in total. The highest BCUT2D eigenvalue weighted by molar-refractivity contribution is 5.83. The highest BCUT2D eigenvalue weighted by atomic mass is 16.4. The Balaban J connectivity index is 2.73. The van der Waals surface area contributed by atoms with E-state index in [2.05, 4.69) is 4.98 Å². The third kappa shape index (κ3) is 4.16. The molecule has 1 heterocycles. The standard InChI is InChI=1S/C13H18N2O3/c1-3-10(2)15(9-13(17)18)12(16)7-11-5-4-6-14-8-11/h4-6,8,10H,3,7,9H2,1-2H3,(H,17,18). The normalized spacial score (nSPS) is 11.9. The number of hydrogen-bond acceptors (Lipinski definition) is 3. The van der Waals surface area contributed by atoms with Crippen molar-refractivity contribution in [3.63, 3.8) is 0 Å². The molecule has 0 aliphatic carbocycles. The molecule has 5 nitrogen and oxygen atoms in total. The summed E-state index contributed by atoms with van der Waals surface area (Å²) < 4.78 is 0. The topological polar surface area (TPSA) is 70.5 Å². The molecular weight excluding hydrogens is 232 g/mol. The minimum Gasteiger partial charge on any atom is -0.480 e. The predicted molar refractivity (Wildman–Crippen MR) is 67.0 cm³/mol. The lowest BCUT2D eigenvalue weighted by atomic mass is 10.1. The number of carboxylic acid groups (broad SMARTS) is 1. The van der Waals surface area contributed by atoms with E-state index in [1.165, 1.54) is 4.90 Å². The van der Waals surface area contributed by atoms with Crippen LogP contribution in [-0.2, 0) is 16.0 Å². The van der Waals surface area contributed by atoms with Gasteiger partial charge in [0.05, 0.1) is 6.42 Å². The van der Waals surface area contributed by atoms with Gasteiger partial charge in [0, 0.05) is 18.4 Å². The summed E-state index contributed by atoms with van der Waals surface area (Å²) in [6, 6.07) is 3.48. The number of carbonyl (C=O) groups excluding carboxylic acids is 1. The molecule has 0 fully saturated rings. The average molecular weight is 250 g/mol. The van der Waals surface area contributed by atoms with Crippen LogP contribution in [0, 0.1) is 0 Å². The van der Waals surface area contributed by atoms with Crippen molar-refractivity contribution in [2.75, 3.05) is 6.54 Å². The van der Waals surface area contributed by atoms with Gasteiger partial charge < -0.3 is 10.0 Å². The van der Waals surface area contributed by atoms with Gasteiger partial charge in [-0.25, -0.2) is 0 Å². The SMILES string of the molecule is CCC(C)N(CC(=O)O)C(=O)Cc1cccnc1. The first kappa shape index (κ1) is 14.2. The van der Waals surface area contributed by atoms with Crippen molar-refractivity contribution in [3.05, 3.63) is 30.1 Å². The van der Waals surface area contributed by atoms with Crippen molar-refractivity contribution in [1.82, 2.24) is 9.88 Å². The van der Waals surface area contributed by atoms with Crippen LogP contribution in [0.2, 0.25) is 0 Å². The van der Waals surface area contributed by atoms with Gasteiger partial charge >= 0.3 is 5.97 Å². The molecule has 0 aromatic carbocycles. The summed E-state index contributed by atoms with van der Waals surface area (Å²) in [6.45, 7) is 3.52. The maximum atomic E-state index is 12.1. The average Bonchev–Trinajstić information content (AvgIpc) is 2.36. The lowest BCUT2D eigenvalue weighted by molar-refractivity contribution is -0.145. The first-order valence-corrected chi connectivity index (χ1v) is 5.94. The van der Waals surface area contributed by atoms with Crippen LogP contribution in [0.3, 0.4) is 0 Å². The van der Waals surface area contributed by atoms with Gasteiger partial charge in [0.25, 0.3) is 0 Å². The van der Waals surface area contributed by atoms with Crippen molar-refractivity contribution in [2.45, 2.75) is 32.7 Å². The van der Waals surface area contributed by atoms with Crippen LogP contribution in [-0.4, -0.2) is 39.5 Å². The number of carboxylic acids is 1. The van der Waals surface area contributed by atoms with Gasteiger partial charge in [0.15, 0.2) is 0 Å². The summed E-state index contributed by atoms with van der Waals surface area (Å²) >= 11 is 0. The highest BCUT2D eigenvalue weighted by Gasteiger charge is 2.21. The number of carbonyl (C=O) groups is 2. The number of aliphatic carboxylic acids is 1. The van der Waals surface area contributed by atoms with E-state index >= 15 is 0 Å². The molecule has 1 atom stereocenters. The zero-order chi connectivity index (χ0) is 13.5. The Morgan fingerprint density at radius 1 is 1.50 bits per heavy atom. The smallest absolute Gasteiger partial charge is 0.323 e. The third-order valence-corrected chi connectivity index (χ3v) is 2.83. The van der Waals surface area contributed by atoms with E-state index in [1.54, 1.807) is 24.5 Å². The maximum Gasteiger partial charge on any atom is 0.323 e. The fourth-order valence-corrected chi connectivity index (χ4v) is 1.63. The minimum atomic E-state index is -0.991. The second-order valence-electron chi connectivity index (χ2n) is 4.21. The van der Waals surface area contributed by atoms with Crippen LogP contribution in [0.15, 0.2) is 24.5 Å². The molecule has 0 saturated heterocycles. The maximum absolute atomic E-state index is 12.1. The number of rotatable bonds is 6. The van der Waals surface area contributed by atoms with Crippen LogP contribution in [0.5, 0.6) is 0 Å². The van der Waals surface area contributed by atoms with Crippen LogP contribution >= 0.6 is 0 Å². The zero-order valence-corrected chi connectivity index (χ0v) is 10.7. The molecule has 0 spiro atoms. The molecule has 0 bridgehead atoms. The molecule has 0 aliphatic heterocycles. The van der Waals surface area contributed by atoms with Crippen LogP contribution in [0.4, 0.5) is 0 Å². The number of nitrogens with zero attached hydrogens (tertiary/aromatic N) is 2. The van der Waals surface area contributed by atoms with Crippen molar-refractivity contribution < 1.29 is 14.7 Å². The Kier molecular flexibility index (Phi) is 5.30. The van der Waals surface area contributed by atoms with Crippen molar-refractivity contribution in [3.8, 4) is 0 Å². The first-order chi connectivity index (χ1) is 8.54. The fraction of sp³-hybridized carbons (Fsp3) is 0.462. The number of aromatic nitrogens is 1. The second kappa shape index (κ2) is 6.74. The van der Waals surface area contributed by atoms with Crippen molar-refractivity contribution in [2.24, 2.45) is 0 Å². The third-order valence-electron chi connectivity index (χ3n) is 2.83. The molecule has 98 valence electrons. The van der Waals surface area contributed by atoms with E-state index in [0.717, 1.165) is 12.0 Å². The van der Waals surface area contributed by atoms with Crippen LogP contribution in [0.1, 0.15) is 25.8 Å². The van der Waals surface area contributed by atoms with Gasteiger partial charge in [-0.1, -0.05) is 13.0 Å². The monoisotopic (exact) mass is 250 g/mol. The number of hydrogen-bond donors (Lipinski definition) is 1. The summed E-state index contributed by atoms with van der Waals surface area (Å²) in [5.74, 6) is -1.17. The number of amides is 1. The van der Waals surface area contributed by atoms with Crippen LogP contribution < -0.4 is 0 Å². The summed E-state index contributed by atoms with van der Waals surface area (Å²) in [6.07, 6.45) is 4.17. The van der Waals surface area contributed by atoms with E-state index in [9.17, 15) is 9.59 Å². The molecule has 1 unspecified atom stereocenters. The molecule has 5 heteroatoms. The molecular formula is C13H18N2O3. The highest BCUT2D eigenvalue weighted by Crippen LogP contribution is 2.07. The van der Waals surface area contributed by atoms with Crippen molar-refractivity contribution in [1.29, 1.82) is 0 Å². The van der Waals surface area contributed by atoms with Gasteiger partial charge in [-0.15, -0.1) is 0 Å². The minimum absolute atomic E-state index is 0.0785. The number of pyridine rings is 1. The van der Waals surface area contributed by atoms with E-state index in [4.69, 9.17) is 5.11 Å². The summed E-state index contributed by atoms with van der Waals surface area (Å²) in [4.78, 5) is 28.2. The summed E-state index contributed by atoms with van der Waals surface area (Å²) in [7, 11) is 0. The van der Waals surface area contributed by atoms with Gasteiger partial charge in [0.1, 0.15) is 6.54 Å². The fourth-order valence-electron chi connectivity index (χ4n) is 1.63. The molecule has 0 saturated carbocycles. The second-order valence-corrected chi connectivity index (χ2v) is 4.21. The Morgan fingerprint density at radius 3 is 2.72 bits per heavy atom. The van der Waals surface area contributed by atoms with Gasteiger partial charge in [-0.2, -0.15) is 0 Å². The van der Waals surface area contributed by atoms with Gasteiger partial charge in [0.2, 0.25) is 5.91 Å². The molecule has 0 aliphatic rings. The Labute approximate surface area is 106 Å². The molecule has 18 heavy (non-hydrogen) atoms. The van der Waals surface area contributed by atoms with Crippen LogP contribution in [0.25, 0.3) is 0 Å². The quantitative estimate of drug-likeness (QED) is 0.827. The first-order valence-electron chi connectivity index (χ1n) is 5.94. The van der Waals surface area contributed by atoms with E-state index < -0.39 is 5.97 Å². The molecule has 1 rings (SSSR count). The predicted octanol–water partition coefficient (Wildman–Crippen LogP) is 1.34. The van der Waals surface area contributed by atoms with Gasteiger partial charge in [-0.05, 0) is 25.0 Å². The van der Waals surface area contributed by atoms with Crippen molar-refractivity contribution >= 4 is 11.9 Å². The lowest BCUT2D eigenvalue weighted by Gasteiger charge is -2.27. The summed E-state index contributed by atoms with van der Waals surface area (Å²) in [5.41, 5.74) is 0.793. The Bertz CT molecular complexity index is 406. The Hall–Kier alpha value is -1.91. The van der Waals surface area contributed by atoms with E-state index in [1.807, 2.05) is 13.8 Å². The molecule has 1 amide bonds. The van der Waals surface area contributed by atoms with E-state index in [-0.39, 0.29) is 24.9 Å².